The monoisotopic (exact) mass is 301 g/mol. The molecule has 0 amide bonds. The van der Waals surface area contributed by atoms with Crippen molar-refractivity contribution in [2.75, 3.05) is 0 Å². The van der Waals surface area contributed by atoms with Crippen LogP contribution in [-0.4, -0.2) is 4.98 Å². The summed E-state index contributed by atoms with van der Waals surface area (Å²) in [5.41, 5.74) is 4.53. The van der Waals surface area contributed by atoms with E-state index in [1.807, 2.05) is 24.4 Å². The van der Waals surface area contributed by atoms with Crippen molar-refractivity contribution < 1.29 is 0 Å². The van der Waals surface area contributed by atoms with E-state index in [2.05, 4.69) is 36.2 Å². The van der Waals surface area contributed by atoms with E-state index in [1.54, 1.807) is 20.7 Å². The molecule has 94 valence electrons. The predicted molar refractivity (Wildman–Crippen MR) is 86.4 cm³/mol. The predicted octanol–water partition coefficient (Wildman–Crippen LogP) is 5.58. The molecule has 19 heavy (non-hydrogen) atoms. The average Bonchev–Trinajstić information content (AvgIpc) is 2.82. The molecule has 3 aromatic rings. The fourth-order valence-electron chi connectivity index (χ4n) is 1.88. The SMILES string of the molecule is Cc1ccc(-c2ssc(=S)c2-c2ccccn2)cc1. The third-order valence-electron chi connectivity index (χ3n) is 2.87. The van der Waals surface area contributed by atoms with Crippen molar-refractivity contribution in [2.45, 2.75) is 6.92 Å². The fourth-order valence-corrected chi connectivity index (χ4v) is 4.76. The van der Waals surface area contributed by atoms with Gasteiger partial charge in [0.2, 0.25) is 0 Å². The molecule has 4 heteroatoms. The van der Waals surface area contributed by atoms with Crippen LogP contribution in [0.15, 0.2) is 48.7 Å². The smallest absolute Gasteiger partial charge is 0.111 e. The van der Waals surface area contributed by atoms with E-state index >= 15 is 0 Å². The summed E-state index contributed by atoms with van der Waals surface area (Å²) < 4.78 is 0.916. The molecule has 0 saturated heterocycles. The molecule has 3 rings (SSSR count). The minimum atomic E-state index is 0.916. The molecule has 0 spiro atoms. The Bertz CT molecular complexity index is 739. The molecule has 0 aliphatic carbocycles. The standard InChI is InChI=1S/C15H11NS3/c1-10-5-7-11(8-6-10)14-13(15(17)19-18-14)12-4-2-3-9-16-12/h2-9H,1H3. The highest BCUT2D eigenvalue weighted by atomic mass is 32.9. The summed E-state index contributed by atoms with van der Waals surface area (Å²) in [6, 6.07) is 14.5. The van der Waals surface area contributed by atoms with Crippen LogP contribution in [0.2, 0.25) is 0 Å². The van der Waals surface area contributed by atoms with E-state index in [4.69, 9.17) is 12.2 Å². The lowest BCUT2D eigenvalue weighted by Crippen LogP contribution is -1.83. The first-order valence-corrected chi connectivity index (χ1v) is 8.43. The van der Waals surface area contributed by atoms with E-state index in [-0.39, 0.29) is 0 Å². The number of benzene rings is 1. The maximum Gasteiger partial charge on any atom is 0.111 e. The highest BCUT2D eigenvalue weighted by Gasteiger charge is 2.13. The number of aryl methyl sites for hydroxylation is 1. The molecular weight excluding hydrogens is 290 g/mol. The van der Waals surface area contributed by atoms with Gasteiger partial charge in [-0.1, -0.05) is 68.8 Å². The summed E-state index contributed by atoms with van der Waals surface area (Å²) in [7, 11) is 3.37. The second-order valence-electron chi connectivity index (χ2n) is 4.24. The molecular formula is C15H11NS3. The van der Waals surface area contributed by atoms with Gasteiger partial charge in [0.1, 0.15) is 3.82 Å². The van der Waals surface area contributed by atoms with Crippen molar-refractivity contribution in [3.63, 3.8) is 0 Å². The van der Waals surface area contributed by atoms with Gasteiger partial charge in [0.05, 0.1) is 10.6 Å². The maximum atomic E-state index is 5.47. The van der Waals surface area contributed by atoms with Gasteiger partial charge in [0.25, 0.3) is 0 Å². The second-order valence-corrected chi connectivity index (χ2v) is 7.06. The minimum Gasteiger partial charge on any atom is -0.256 e. The molecule has 0 saturated carbocycles. The quantitative estimate of drug-likeness (QED) is 0.453. The molecule has 2 heterocycles. The third kappa shape index (κ3) is 2.52. The first-order valence-electron chi connectivity index (χ1n) is 5.87. The molecule has 2 aromatic heterocycles. The van der Waals surface area contributed by atoms with Gasteiger partial charge in [-0.15, -0.1) is 0 Å². The summed E-state index contributed by atoms with van der Waals surface area (Å²) in [4.78, 5) is 5.65. The summed E-state index contributed by atoms with van der Waals surface area (Å²) in [6.07, 6.45) is 1.81. The van der Waals surface area contributed by atoms with Crippen LogP contribution < -0.4 is 0 Å². The topological polar surface area (TPSA) is 12.9 Å². The third-order valence-corrected chi connectivity index (χ3v) is 5.93. The van der Waals surface area contributed by atoms with Crippen molar-refractivity contribution in [3.05, 3.63) is 58.0 Å². The first kappa shape index (κ1) is 12.7. The van der Waals surface area contributed by atoms with Gasteiger partial charge in [-0.2, -0.15) is 0 Å². The van der Waals surface area contributed by atoms with Gasteiger partial charge >= 0.3 is 0 Å². The molecule has 1 aromatic carbocycles. The number of pyridine rings is 1. The van der Waals surface area contributed by atoms with Crippen molar-refractivity contribution in [1.29, 1.82) is 0 Å². The van der Waals surface area contributed by atoms with Gasteiger partial charge in [0, 0.05) is 11.8 Å². The lowest BCUT2D eigenvalue weighted by molar-refractivity contribution is 1.33. The Morgan fingerprint density at radius 2 is 1.79 bits per heavy atom. The number of hydrogen-bond donors (Lipinski definition) is 0. The van der Waals surface area contributed by atoms with Crippen molar-refractivity contribution >= 4 is 32.9 Å². The lowest BCUT2D eigenvalue weighted by Gasteiger charge is -2.03. The minimum absolute atomic E-state index is 0.916. The van der Waals surface area contributed by atoms with Crippen LogP contribution in [0.1, 0.15) is 5.56 Å². The lowest BCUT2D eigenvalue weighted by atomic mass is 10.1. The average molecular weight is 301 g/mol. The molecule has 0 unspecified atom stereocenters. The Labute approximate surface area is 124 Å². The molecule has 0 aliphatic rings. The van der Waals surface area contributed by atoms with E-state index in [0.29, 0.717) is 0 Å². The van der Waals surface area contributed by atoms with E-state index in [9.17, 15) is 0 Å². The van der Waals surface area contributed by atoms with E-state index in [1.165, 1.54) is 16.0 Å². The Morgan fingerprint density at radius 3 is 2.47 bits per heavy atom. The molecule has 0 atom stereocenters. The van der Waals surface area contributed by atoms with Crippen LogP contribution in [0.4, 0.5) is 0 Å². The molecule has 0 bridgehead atoms. The number of hydrogen-bond acceptors (Lipinski definition) is 4. The second kappa shape index (κ2) is 5.33. The largest absolute Gasteiger partial charge is 0.256 e. The Balaban J connectivity index is 2.19. The summed E-state index contributed by atoms with van der Waals surface area (Å²) in [6.45, 7) is 2.10. The van der Waals surface area contributed by atoms with Gasteiger partial charge in [-0.05, 0) is 24.6 Å². The number of rotatable bonds is 2. The van der Waals surface area contributed by atoms with Gasteiger partial charge in [-0.3, -0.25) is 4.98 Å². The van der Waals surface area contributed by atoms with Gasteiger partial charge in [-0.25, -0.2) is 0 Å². The Kier molecular flexibility index (Phi) is 3.55. The van der Waals surface area contributed by atoms with Crippen molar-refractivity contribution in [2.24, 2.45) is 0 Å². The van der Waals surface area contributed by atoms with Crippen molar-refractivity contribution in [1.82, 2.24) is 4.98 Å². The first-order chi connectivity index (χ1) is 9.25. The maximum absolute atomic E-state index is 5.47. The molecule has 0 radical (unpaired) electrons. The molecule has 0 fully saturated rings. The molecule has 0 N–H and O–H groups in total. The summed E-state index contributed by atoms with van der Waals surface area (Å²) in [5.74, 6) is 0. The van der Waals surface area contributed by atoms with Gasteiger partial charge in [0.15, 0.2) is 0 Å². The van der Waals surface area contributed by atoms with Crippen LogP contribution in [0.5, 0.6) is 0 Å². The Morgan fingerprint density at radius 1 is 1.00 bits per heavy atom. The zero-order chi connectivity index (χ0) is 13.2. The molecule has 0 aliphatic heterocycles. The number of aromatic nitrogens is 1. The summed E-state index contributed by atoms with van der Waals surface area (Å²) in [5, 5.41) is 0. The van der Waals surface area contributed by atoms with Crippen LogP contribution in [0.3, 0.4) is 0 Å². The zero-order valence-electron chi connectivity index (χ0n) is 10.3. The van der Waals surface area contributed by atoms with Crippen LogP contribution in [-0.2, 0) is 0 Å². The zero-order valence-corrected chi connectivity index (χ0v) is 12.7. The highest BCUT2D eigenvalue weighted by Crippen LogP contribution is 2.40. The van der Waals surface area contributed by atoms with E-state index in [0.717, 1.165) is 15.1 Å². The van der Waals surface area contributed by atoms with Crippen LogP contribution in [0, 0.1) is 10.7 Å². The van der Waals surface area contributed by atoms with Crippen LogP contribution >= 0.6 is 32.9 Å². The Hall–Kier alpha value is -1.36. The fraction of sp³-hybridized carbons (Fsp3) is 0.0667. The highest BCUT2D eigenvalue weighted by molar-refractivity contribution is 7.80. The summed E-state index contributed by atoms with van der Waals surface area (Å²) >= 11 is 5.47. The van der Waals surface area contributed by atoms with E-state index < -0.39 is 0 Å². The van der Waals surface area contributed by atoms with Crippen LogP contribution in [0.25, 0.3) is 21.7 Å². The van der Waals surface area contributed by atoms with Gasteiger partial charge < -0.3 is 0 Å². The molecule has 1 nitrogen and oxygen atoms in total. The normalized spacial score (nSPS) is 10.6. The number of nitrogens with zero attached hydrogens (tertiary/aromatic N) is 1. The van der Waals surface area contributed by atoms with Crippen molar-refractivity contribution in [3.8, 4) is 21.7 Å².